The first kappa shape index (κ1) is 12.2. The van der Waals surface area contributed by atoms with Crippen LogP contribution in [0.5, 0.6) is 0 Å². The largest absolute Gasteiger partial charge is 0.378 e. The molecule has 0 atom stereocenters. The third-order valence-electron chi connectivity index (χ3n) is 3.61. The molecule has 19 heavy (non-hydrogen) atoms. The first-order valence-corrected chi connectivity index (χ1v) is 6.95. The number of nitrogens with one attached hydrogen (secondary N) is 1. The zero-order valence-electron chi connectivity index (χ0n) is 11.6. The average molecular weight is 256 g/mol. The van der Waals surface area contributed by atoms with Gasteiger partial charge in [0.2, 0.25) is 0 Å². The van der Waals surface area contributed by atoms with Crippen molar-refractivity contribution in [1.82, 2.24) is 14.8 Å². The van der Waals surface area contributed by atoms with Crippen LogP contribution in [0.15, 0.2) is 18.2 Å². The van der Waals surface area contributed by atoms with E-state index in [1.54, 1.807) is 0 Å². The van der Waals surface area contributed by atoms with Crippen LogP contribution in [0, 0.1) is 13.8 Å². The van der Waals surface area contributed by atoms with Crippen LogP contribution in [0.2, 0.25) is 0 Å². The van der Waals surface area contributed by atoms with Crippen molar-refractivity contribution in [3.05, 3.63) is 41.0 Å². The van der Waals surface area contributed by atoms with Crippen LogP contribution in [0.1, 0.15) is 35.6 Å². The lowest BCUT2D eigenvalue weighted by atomic mass is 10.1. The number of anilines is 1. The summed E-state index contributed by atoms with van der Waals surface area (Å²) in [5.41, 5.74) is 3.72. The number of benzene rings is 1. The Bertz CT molecular complexity index is 566. The molecule has 1 aromatic carbocycles. The zero-order valence-corrected chi connectivity index (χ0v) is 11.6. The van der Waals surface area contributed by atoms with Crippen LogP contribution >= 0.6 is 0 Å². The molecule has 0 radical (unpaired) electrons. The molecule has 4 nitrogen and oxygen atoms in total. The molecule has 1 aliphatic rings. The molecule has 0 amide bonds. The molecule has 1 N–H and O–H groups in total. The third-order valence-corrected chi connectivity index (χ3v) is 3.61. The Morgan fingerprint density at radius 2 is 1.89 bits per heavy atom. The van der Waals surface area contributed by atoms with Crippen molar-refractivity contribution in [1.29, 1.82) is 0 Å². The molecule has 0 bridgehead atoms. The van der Waals surface area contributed by atoms with Crippen molar-refractivity contribution in [2.75, 3.05) is 5.32 Å². The zero-order chi connectivity index (χ0) is 13.2. The minimum absolute atomic E-state index is 0.746. The highest BCUT2D eigenvalue weighted by molar-refractivity contribution is 5.48. The Kier molecular flexibility index (Phi) is 3.23. The topological polar surface area (TPSA) is 42.7 Å². The van der Waals surface area contributed by atoms with Gasteiger partial charge in [0.1, 0.15) is 5.82 Å². The van der Waals surface area contributed by atoms with Crippen molar-refractivity contribution < 1.29 is 0 Å². The van der Waals surface area contributed by atoms with Gasteiger partial charge < -0.3 is 9.88 Å². The Labute approximate surface area is 113 Å². The minimum Gasteiger partial charge on any atom is -0.378 e. The second-order valence-electron chi connectivity index (χ2n) is 5.37. The molecule has 0 fully saturated rings. The van der Waals surface area contributed by atoms with E-state index < -0.39 is 0 Å². The maximum Gasteiger partial charge on any atom is 0.152 e. The summed E-state index contributed by atoms with van der Waals surface area (Å²) in [6.07, 6.45) is 3.54. The van der Waals surface area contributed by atoms with Crippen molar-refractivity contribution in [2.24, 2.45) is 0 Å². The van der Waals surface area contributed by atoms with E-state index in [0.717, 1.165) is 36.8 Å². The summed E-state index contributed by atoms with van der Waals surface area (Å²) in [4.78, 5) is 0. The van der Waals surface area contributed by atoms with E-state index in [1.807, 2.05) is 0 Å². The van der Waals surface area contributed by atoms with Gasteiger partial charge >= 0.3 is 0 Å². The lowest BCUT2D eigenvalue weighted by Crippen LogP contribution is -2.15. The normalized spacial score (nSPS) is 14.2. The summed E-state index contributed by atoms with van der Waals surface area (Å²) in [5, 5.41) is 12.0. The fourth-order valence-electron chi connectivity index (χ4n) is 2.76. The molecular weight excluding hydrogens is 236 g/mol. The summed E-state index contributed by atoms with van der Waals surface area (Å²) in [5.74, 6) is 2.19. The number of hydrogen-bond donors (Lipinski definition) is 1. The standard InChI is InChI=1S/C15H20N4/c1-11-7-12(2)9-13(8-11)16-10-15-18-17-14-5-3-4-6-19(14)15/h7-9,16H,3-6,10H2,1-2H3. The van der Waals surface area contributed by atoms with E-state index >= 15 is 0 Å². The number of aromatic nitrogens is 3. The molecule has 0 spiro atoms. The van der Waals surface area contributed by atoms with Gasteiger partial charge in [-0.1, -0.05) is 6.07 Å². The minimum atomic E-state index is 0.746. The van der Waals surface area contributed by atoms with Gasteiger partial charge in [0.05, 0.1) is 6.54 Å². The highest BCUT2D eigenvalue weighted by atomic mass is 15.3. The van der Waals surface area contributed by atoms with Gasteiger partial charge in [0, 0.05) is 18.7 Å². The molecular formula is C15H20N4. The van der Waals surface area contributed by atoms with E-state index in [2.05, 4.69) is 52.1 Å². The molecule has 1 aromatic heterocycles. The van der Waals surface area contributed by atoms with E-state index in [0.29, 0.717) is 0 Å². The summed E-state index contributed by atoms with van der Waals surface area (Å²) in [6, 6.07) is 6.52. The van der Waals surface area contributed by atoms with Crippen LogP contribution in [0.25, 0.3) is 0 Å². The van der Waals surface area contributed by atoms with Crippen molar-refractivity contribution >= 4 is 5.69 Å². The Morgan fingerprint density at radius 3 is 2.68 bits per heavy atom. The predicted octanol–water partition coefficient (Wildman–Crippen LogP) is 2.84. The lowest BCUT2D eigenvalue weighted by Gasteiger charge is -2.15. The van der Waals surface area contributed by atoms with E-state index in [4.69, 9.17) is 0 Å². The van der Waals surface area contributed by atoms with Crippen LogP contribution in [0.3, 0.4) is 0 Å². The highest BCUT2D eigenvalue weighted by Crippen LogP contribution is 2.17. The first-order valence-electron chi connectivity index (χ1n) is 6.95. The smallest absolute Gasteiger partial charge is 0.152 e. The molecule has 2 heterocycles. The predicted molar refractivity (Wildman–Crippen MR) is 76.2 cm³/mol. The van der Waals surface area contributed by atoms with Gasteiger partial charge in [-0.05, 0) is 49.9 Å². The summed E-state index contributed by atoms with van der Waals surface area (Å²) in [6.45, 7) is 6.05. The number of rotatable bonds is 3. The molecule has 100 valence electrons. The molecule has 0 saturated heterocycles. The number of hydrogen-bond acceptors (Lipinski definition) is 3. The molecule has 3 rings (SSSR count). The number of aryl methyl sites for hydroxylation is 3. The summed E-state index contributed by atoms with van der Waals surface area (Å²) < 4.78 is 2.26. The lowest BCUT2D eigenvalue weighted by molar-refractivity contribution is 0.510. The second kappa shape index (κ2) is 5.03. The van der Waals surface area contributed by atoms with Gasteiger partial charge in [-0.15, -0.1) is 10.2 Å². The van der Waals surface area contributed by atoms with E-state index in [9.17, 15) is 0 Å². The summed E-state index contributed by atoms with van der Waals surface area (Å²) in [7, 11) is 0. The Hall–Kier alpha value is -1.84. The fraction of sp³-hybridized carbons (Fsp3) is 0.467. The van der Waals surface area contributed by atoms with Gasteiger partial charge in [0.15, 0.2) is 5.82 Å². The average Bonchev–Trinajstić information content (AvgIpc) is 2.78. The Morgan fingerprint density at radius 1 is 1.11 bits per heavy atom. The third kappa shape index (κ3) is 2.62. The van der Waals surface area contributed by atoms with Crippen LogP contribution in [0.4, 0.5) is 5.69 Å². The van der Waals surface area contributed by atoms with Crippen LogP contribution in [-0.4, -0.2) is 14.8 Å². The molecule has 0 aliphatic carbocycles. The van der Waals surface area contributed by atoms with Gasteiger partial charge in [0.25, 0.3) is 0 Å². The SMILES string of the molecule is Cc1cc(C)cc(NCc2nnc3n2CCCC3)c1. The van der Waals surface area contributed by atoms with E-state index in [-0.39, 0.29) is 0 Å². The van der Waals surface area contributed by atoms with Crippen molar-refractivity contribution in [3.63, 3.8) is 0 Å². The van der Waals surface area contributed by atoms with E-state index in [1.165, 1.54) is 24.0 Å². The number of fused-ring (bicyclic) bond motifs is 1. The van der Waals surface area contributed by atoms with Crippen LogP contribution < -0.4 is 5.32 Å². The first-order chi connectivity index (χ1) is 9.22. The Balaban J connectivity index is 1.74. The second-order valence-corrected chi connectivity index (χ2v) is 5.37. The van der Waals surface area contributed by atoms with Crippen LogP contribution in [-0.2, 0) is 19.5 Å². The van der Waals surface area contributed by atoms with Gasteiger partial charge in [-0.3, -0.25) is 0 Å². The van der Waals surface area contributed by atoms with Crippen molar-refractivity contribution in [3.8, 4) is 0 Å². The highest BCUT2D eigenvalue weighted by Gasteiger charge is 2.15. The molecule has 2 aromatic rings. The molecule has 0 unspecified atom stereocenters. The quantitative estimate of drug-likeness (QED) is 0.918. The van der Waals surface area contributed by atoms with Crippen molar-refractivity contribution in [2.45, 2.75) is 46.2 Å². The van der Waals surface area contributed by atoms with Gasteiger partial charge in [-0.2, -0.15) is 0 Å². The summed E-state index contributed by atoms with van der Waals surface area (Å²) >= 11 is 0. The fourth-order valence-corrected chi connectivity index (χ4v) is 2.76. The molecule has 4 heteroatoms. The number of nitrogens with zero attached hydrogens (tertiary/aromatic N) is 3. The maximum absolute atomic E-state index is 4.31. The molecule has 0 saturated carbocycles. The molecule has 1 aliphatic heterocycles. The van der Waals surface area contributed by atoms with Gasteiger partial charge in [-0.25, -0.2) is 0 Å². The monoisotopic (exact) mass is 256 g/mol. The maximum atomic E-state index is 4.31.